The zero-order valence-electron chi connectivity index (χ0n) is 10.8. The molecule has 1 aliphatic rings. The molecular weight excluding hydrogens is 241 g/mol. The van der Waals surface area contributed by atoms with Gasteiger partial charge in [0.2, 0.25) is 11.8 Å². The topological polar surface area (TPSA) is 95.7 Å². The van der Waals surface area contributed by atoms with Gasteiger partial charge in [-0.15, -0.1) is 0 Å². The Kier molecular flexibility index (Phi) is 4.28. The Bertz CT molecular complexity index is 343. The molecule has 0 spiro atoms. The van der Waals surface area contributed by atoms with Gasteiger partial charge in [-0.1, -0.05) is 0 Å². The normalized spacial score (nSPS) is 26.0. The number of nitrogens with zero attached hydrogens (tertiary/aromatic N) is 1. The largest absolute Gasteiger partial charge is 0.391 e. The van der Waals surface area contributed by atoms with Crippen molar-refractivity contribution in [2.24, 2.45) is 5.73 Å². The van der Waals surface area contributed by atoms with E-state index in [1.165, 1.54) is 20.9 Å². The van der Waals surface area contributed by atoms with Crippen molar-refractivity contribution in [1.82, 2.24) is 10.2 Å². The molecule has 0 aromatic rings. The van der Waals surface area contributed by atoms with E-state index in [-0.39, 0.29) is 18.9 Å². The van der Waals surface area contributed by atoms with E-state index >= 15 is 0 Å². The van der Waals surface area contributed by atoms with Crippen LogP contribution in [0.1, 0.15) is 20.3 Å². The van der Waals surface area contributed by atoms with Crippen LogP contribution in [0.2, 0.25) is 0 Å². The summed E-state index contributed by atoms with van der Waals surface area (Å²) in [5.74, 6) is -1.04. The molecule has 1 aliphatic heterocycles. The van der Waals surface area contributed by atoms with Crippen molar-refractivity contribution in [2.75, 3.05) is 13.6 Å². The second-order valence-corrected chi connectivity index (χ2v) is 5.05. The molecule has 0 unspecified atom stereocenters. The summed E-state index contributed by atoms with van der Waals surface area (Å²) >= 11 is 0. The number of likely N-dealkylation sites (tertiary alicyclic amines) is 1. The summed E-state index contributed by atoms with van der Waals surface area (Å²) in [6, 6.07) is -2.14. The molecule has 1 fully saturated rings. The number of carbonyl (C=O) groups excluding carboxylic acids is 2. The van der Waals surface area contributed by atoms with Crippen molar-refractivity contribution >= 4 is 11.8 Å². The van der Waals surface area contributed by atoms with Crippen LogP contribution < -0.4 is 11.1 Å². The zero-order chi connectivity index (χ0) is 14.1. The number of carbonyl (C=O) groups is 2. The first kappa shape index (κ1) is 14.8. The average molecular weight is 261 g/mol. The number of nitrogens with two attached hydrogens (primary N) is 1. The third-order valence-corrected chi connectivity index (χ3v) is 3.12. The molecule has 2 amide bonds. The van der Waals surface area contributed by atoms with Crippen LogP contribution in [-0.4, -0.2) is 59.3 Å². The number of amides is 2. The van der Waals surface area contributed by atoms with Gasteiger partial charge in [0, 0.05) is 20.0 Å². The van der Waals surface area contributed by atoms with E-state index < -0.39 is 29.8 Å². The molecule has 0 aromatic carbocycles. The quantitative estimate of drug-likeness (QED) is 0.593. The average Bonchev–Trinajstić information content (AvgIpc) is 2.67. The second kappa shape index (κ2) is 5.19. The first-order chi connectivity index (χ1) is 8.18. The van der Waals surface area contributed by atoms with Gasteiger partial charge < -0.3 is 21.1 Å². The van der Waals surface area contributed by atoms with Crippen LogP contribution in [0, 0.1) is 0 Å². The van der Waals surface area contributed by atoms with Gasteiger partial charge in [-0.05, 0) is 13.8 Å². The monoisotopic (exact) mass is 261 g/mol. The molecule has 0 aliphatic carbocycles. The highest BCUT2D eigenvalue weighted by atomic mass is 19.1. The number of likely N-dealkylation sites (N-methyl/N-ethyl adjacent to an activating group) is 1. The minimum atomic E-state index is -1.88. The van der Waals surface area contributed by atoms with Crippen molar-refractivity contribution in [1.29, 1.82) is 0 Å². The number of halogens is 1. The smallest absolute Gasteiger partial charge is 0.243 e. The molecule has 3 atom stereocenters. The van der Waals surface area contributed by atoms with Crippen LogP contribution in [0.5, 0.6) is 0 Å². The van der Waals surface area contributed by atoms with Crippen molar-refractivity contribution in [2.45, 2.75) is 44.1 Å². The summed E-state index contributed by atoms with van der Waals surface area (Å²) in [5.41, 5.74) is 3.67. The van der Waals surface area contributed by atoms with Gasteiger partial charge in [-0.3, -0.25) is 9.59 Å². The Morgan fingerprint density at radius 1 is 1.56 bits per heavy atom. The number of alkyl halides is 1. The van der Waals surface area contributed by atoms with E-state index in [2.05, 4.69) is 5.32 Å². The highest BCUT2D eigenvalue weighted by Gasteiger charge is 2.43. The predicted molar refractivity (Wildman–Crippen MR) is 63.4 cm³/mol. The number of aliphatic hydroxyl groups excluding tert-OH is 1. The van der Waals surface area contributed by atoms with E-state index in [1.54, 1.807) is 0 Å². The molecule has 0 aromatic heterocycles. The van der Waals surface area contributed by atoms with Crippen LogP contribution in [0.3, 0.4) is 0 Å². The van der Waals surface area contributed by atoms with Gasteiger partial charge in [0.25, 0.3) is 0 Å². The Morgan fingerprint density at radius 2 is 2.11 bits per heavy atom. The third-order valence-electron chi connectivity index (χ3n) is 3.12. The molecule has 0 saturated carbocycles. The van der Waals surface area contributed by atoms with Crippen LogP contribution in [0.25, 0.3) is 0 Å². The Hall–Kier alpha value is -1.21. The summed E-state index contributed by atoms with van der Waals surface area (Å²) in [7, 11) is 1.44. The Labute approximate surface area is 105 Å². The number of β-amino-alcohol motifs (C(OH)–C–C–N with tert-alkyl or cyclic N) is 1. The zero-order valence-corrected chi connectivity index (χ0v) is 10.8. The van der Waals surface area contributed by atoms with Gasteiger partial charge in [0.15, 0.2) is 0 Å². The fraction of sp³-hybridized carbons (Fsp3) is 0.818. The maximum atomic E-state index is 13.7. The maximum Gasteiger partial charge on any atom is 0.243 e. The molecule has 7 heteroatoms. The lowest BCUT2D eigenvalue weighted by Gasteiger charge is -2.30. The Balaban J connectivity index is 2.86. The summed E-state index contributed by atoms with van der Waals surface area (Å²) in [6.45, 7) is 2.41. The molecule has 0 radical (unpaired) electrons. The highest BCUT2D eigenvalue weighted by Crippen LogP contribution is 2.22. The Morgan fingerprint density at radius 3 is 2.56 bits per heavy atom. The SMILES string of the molecule is CNC(=O)[C@@H]1C[C@@H](O)CN1C(=O)[C@@H](N)C(C)(C)F. The van der Waals surface area contributed by atoms with Crippen molar-refractivity contribution in [3.63, 3.8) is 0 Å². The molecule has 1 saturated heterocycles. The second-order valence-electron chi connectivity index (χ2n) is 5.05. The van der Waals surface area contributed by atoms with Gasteiger partial charge in [-0.25, -0.2) is 4.39 Å². The van der Waals surface area contributed by atoms with E-state index in [0.29, 0.717) is 0 Å². The molecule has 18 heavy (non-hydrogen) atoms. The number of hydrogen-bond donors (Lipinski definition) is 3. The molecule has 6 nitrogen and oxygen atoms in total. The van der Waals surface area contributed by atoms with Crippen LogP contribution >= 0.6 is 0 Å². The van der Waals surface area contributed by atoms with Crippen molar-refractivity contribution < 1.29 is 19.1 Å². The van der Waals surface area contributed by atoms with Gasteiger partial charge in [0.05, 0.1) is 6.10 Å². The molecular formula is C11H20FN3O3. The fourth-order valence-electron chi connectivity index (χ4n) is 1.94. The number of aliphatic hydroxyl groups is 1. The molecule has 1 rings (SSSR count). The number of rotatable bonds is 3. The number of nitrogens with one attached hydrogen (secondary N) is 1. The lowest BCUT2D eigenvalue weighted by atomic mass is 10.00. The van der Waals surface area contributed by atoms with Crippen LogP contribution in [0.4, 0.5) is 4.39 Å². The minimum absolute atomic E-state index is 0.000694. The van der Waals surface area contributed by atoms with Crippen molar-refractivity contribution in [3.05, 3.63) is 0 Å². The van der Waals surface area contributed by atoms with Crippen molar-refractivity contribution in [3.8, 4) is 0 Å². The molecule has 104 valence electrons. The van der Waals surface area contributed by atoms with E-state index in [9.17, 15) is 19.1 Å². The fourth-order valence-corrected chi connectivity index (χ4v) is 1.94. The van der Waals surface area contributed by atoms with Gasteiger partial charge in [0.1, 0.15) is 17.8 Å². The summed E-state index contributed by atoms with van der Waals surface area (Å²) in [4.78, 5) is 24.8. The molecule has 0 bridgehead atoms. The van der Waals surface area contributed by atoms with Gasteiger partial charge >= 0.3 is 0 Å². The standard InChI is InChI=1S/C11H20FN3O3/c1-11(2,12)8(13)10(18)15-5-6(16)4-7(15)9(17)14-3/h6-8,16H,4-5,13H2,1-3H3,(H,14,17)/t6-,7+,8-/m1/s1. The summed E-state index contributed by atoms with van der Waals surface area (Å²) in [6.07, 6.45) is -0.642. The summed E-state index contributed by atoms with van der Waals surface area (Å²) < 4.78 is 13.7. The van der Waals surface area contributed by atoms with E-state index in [4.69, 9.17) is 5.73 Å². The van der Waals surface area contributed by atoms with E-state index in [0.717, 1.165) is 4.90 Å². The van der Waals surface area contributed by atoms with Crippen LogP contribution in [0.15, 0.2) is 0 Å². The third kappa shape index (κ3) is 2.97. The first-order valence-electron chi connectivity index (χ1n) is 5.83. The van der Waals surface area contributed by atoms with Crippen LogP contribution in [-0.2, 0) is 9.59 Å². The lowest BCUT2D eigenvalue weighted by molar-refractivity contribution is -0.141. The van der Waals surface area contributed by atoms with E-state index in [1.807, 2.05) is 0 Å². The lowest BCUT2D eigenvalue weighted by Crippen LogP contribution is -2.56. The van der Waals surface area contributed by atoms with Gasteiger partial charge in [-0.2, -0.15) is 0 Å². The first-order valence-corrected chi connectivity index (χ1v) is 5.83. The summed E-state index contributed by atoms with van der Waals surface area (Å²) in [5, 5.41) is 12.0. The highest BCUT2D eigenvalue weighted by molar-refractivity contribution is 5.90. The predicted octanol–water partition coefficient (Wildman–Crippen LogP) is -1.23. The maximum absolute atomic E-state index is 13.7. The minimum Gasteiger partial charge on any atom is -0.391 e. The number of hydrogen-bond acceptors (Lipinski definition) is 4. The molecule has 4 N–H and O–H groups in total. The molecule has 1 heterocycles.